The van der Waals surface area contributed by atoms with Gasteiger partial charge in [0.2, 0.25) is 5.91 Å². The smallest absolute Gasteiger partial charge is 0.328 e. The van der Waals surface area contributed by atoms with Crippen molar-refractivity contribution in [2.24, 2.45) is 5.92 Å². The minimum absolute atomic E-state index is 0.0430. The van der Waals surface area contributed by atoms with Crippen molar-refractivity contribution in [3.05, 3.63) is 34.3 Å². The average Bonchev–Trinajstić information content (AvgIpc) is 2.48. The topological polar surface area (TPSA) is 66.4 Å². The third kappa shape index (κ3) is 5.30. The van der Waals surface area contributed by atoms with Gasteiger partial charge in [0.05, 0.1) is 5.69 Å². The maximum absolute atomic E-state index is 12.1. The molecular weight excluding hydrogens is 346 g/mol. The summed E-state index contributed by atoms with van der Waals surface area (Å²) in [6.07, 6.45) is 9.21. The first-order valence-corrected chi connectivity index (χ1v) is 8.34. The Morgan fingerprint density at radius 1 is 1.27 bits per heavy atom. The van der Waals surface area contributed by atoms with E-state index in [4.69, 9.17) is 5.11 Å². The first-order chi connectivity index (χ1) is 10.5. The van der Waals surface area contributed by atoms with E-state index < -0.39 is 5.97 Å². The second kappa shape index (κ2) is 8.13. The average molecular weight is 366 g/mol. The first kappa shape index (κ1) is 16.7. The van der Waals surface area contributed by atoms with Crippen molar-refractivity contribution >= 4 is 39.6 Å². The lowest BCUT2D eigenvalue weighted by Gasteiger charge is -2.21. The van der Waals surface area contributed by atoms with Crippen molar-refractivity contribution in [1.82, 2.24) is 0 Å². The third-order valence-electron chi connectivity index (χ3n) is 3.88. The predicted octanol–water partition coefficient (Wildman–Crippen LogP) is 4.46. The number of aliphatic carboxylic acids is 1. The summed E-state index contributed by atoms with van der Waals surface area (Å²) in [7, 11) is 0. The van der Waals surface area contributed by atoms with Crippen LogP contribution in [0.2, 0.25) is 0 Å². The molecule has 118 valence electrons. The molecular formula is C17H20BrNO3. The van der Waals surface area contributed by atoms with Gasteiger partial charge in [0.25, 0.3) is 0 Å². The number of carboxylic acids is 1. The highest BCUT2D eigenvalue weighted by Gasteiger charge is 2.17. The van der Waals surface area contributed by atoms with E-state index in [0.29, 0.717) is 18.0 Å². The fraction of sp³-hybridized carbons (Fsp3) is 0.412. The number of hydrogen-bond donors (Lipinski definition) is 2. The van der Waals surface area contributed by atoms with Crippen LogP contribution in [0.1, 0.15) is 44.1 Å². The van der Waals surface area contributed by atoms with Gasteiger partial charge in [0, 0.05) is 17.0 Å². The maximum atomic E-state index is 12.1. The Hall–Kier alpha value is -1.62. The van der Waals surface area contributed by atoms with Crippen LogP contribution in [0.3, 0.4) is 0 Å². The summed E-state index contributed by atoms with van der Waals surface area (Å²) >= 11 is 3.41. The van der Waals surface area contributed by atoms with Crippen molar-refractivity contribution < 1.29 is 14.7 Å². The van der Waals surface area contributed by atoms with Crippen LogP contribution < -0.4 is 5.32 Å². The number of anilines is 1. The van der Waals surface area contributed by atoms with E-state index in [2.05, 4.69) is 21.2 Å². The number of carbonyl (C=O) groups excluding carboxylic acids is 1. The predicted molar refractivity (Wildman–Crippen MR) is 90.6 cm³/mol. The summed E-state index contributed by atoms with van der Waals surface area (Å²) in [5.74, 6) is -0.437. The minimum atomic E-state index is -0.985. The Bertz CT molecular complexity index is 577. The second-order valence-corrected chi connectivity index (χ2v) is 6.52. The Morgan fingerprint density at radius 2 is 2.00 bits per heavy atom. The quantitative estimate of drug-likeness (QED) is 0.757. The highest BCUT2D eigenvalue weighted by atomic mass is 79.9. The molecule has 0 spiro atoms. The zero-order valence-corrected chi connectivity index (χ0v) is 13.9. The Labute approximate surface area is 138 Å². The van der Waals surface area contributed by atoms with Crippen LogP contribution in [0.15, 0.2) is 28.7 Å². The molecule has 0 unspecified atom stereocenters. The fourth-order valence-corrected chi connectivity index (χ4v) is 3.25. The van der Waals surface area contributed by atoms with E-state index in [0.717, 1.165) is 29.0 Å². The molecule has 0 aliphatic heterocycles. The number of carboxylic acid groups (broad SMARTS) is 1. The molecule has 0 aromatic heterocycles. The molecule has 1 saturated carbocycles. The molecule has 2 N–H and O–H groups in total. The number of rotatable bonds is 5. The van der Waals surface area contributed by atoms with Gasteiger partial charge in [-0.1, -0.05) is 25.3 Å². The Morgan fingerprint density at radius 3 is 2.64 bits per heavy atom. The van der Waals surface area contributed by atoms with Crippen molar-refractivity contribution in [3.8, 4) is 0 Å². The largest absolute Gasteiger partial charge is 0.478 e. The molecule has 0 heterocycles. The van der Waals surface area contributed by atoms with Gasteiger partial charge in [-0.05, 0) is 58.5 Å². The van der Waals surface area contributed by atoms with Gasteiger partial charge < -0.3 is 10.4 Å². The van der Waals surface area contributed by atoms with Crippen LogP contribution in [0.25, 0.3) is 6.08 Å². The maximum Gasteiger partial charge on any atom is 0.328 e. The van der Waals surface area contributed by atoms with Crippen LogP contribution in [-0.4, -0.2) is 17.0 Å². The lowest BCUT2D eigenvalue weighted by atomic mass is 9.87. The van der Waals surface area contributed by atoms with E-state index in [1.807, 2.05) is 0 Å². The molecule has 0 atom stereocenters. The van der Waals surface area contributed by atoms with Crippen LogP contribution in [0.5, 0.6) is 0 Å². The zero-order chi connectivity index (χ0) is 15.9. The molecule has 0 bridgehead atoms. The lowest BCUT2D eigenvalue weighted by Crippen LogP contribution is -2.18. The minimum Gasteiger partial charge on any atom is -0.478 e. The molecule has 5 heteroatoms. The normalized spacial score (nSPS) is 15.9. The summed E-state index contributed by atoms with van der Waals surface area (Å²) in [5, 5.41) is 11.5. The van der Waals surface area contributed by atoms with Gasteiger partial charge in [-0.15, -0.1) is 0 Å². The van der Waals surface area contributed by atoms with Gasteiger partial charge in [-0.2, -0.15) is 0 Å². The summed E-state index contributed by atoms with van der Waals surface area (Å²) in [6, 6.07) is 5.35. The summed E-state index contributed by atoms with van der Waals surface area (Å²) < 4.78 is 0.747. The van der Waals surface area contributed by atoms with Crippen molar-refractivity contribution in [1.29, 1.82) is 0 Å². The van der Waals surface area contributed by atoms with Gasteiger partial charge in [0.15, 0.2) is 0 Å². The highest BCUT2D eigenvalue weighted by molar-refractivity contribution is 9.10. The SMILES string of the molecule is O=C(O)/C=C/c1ccc(NC(=O)CC2CCCCC2)c(Br)c1. The fourth-order valence-electron chi connectivity index (χ4n) is 2.76. The van der Waals surface area contributed by atoms with E-state index in [1.165, 1.54) is 25.3 Å². The second-order valence-electron chi connectivity index (χ2n) is 5.67. The number of benzene rings is 1. The lowest BCUT2D eigenvalue weighted by molar-refractivity contribution is -0.131. The molecule has 1 aliphatic carbocycles. The molecule has 1 aromatic carbocycles. The molecule has 1 aromatic rings. The van der Waals surface area contributed by atoms with Crippen LogP contribution in [0, 0.1) is 5.92 Å². The summed E-state index contributed by atoms with van der Waals surface area (Å²) in [4.78, 5) is 22.6. The van der Waals surface area contributed by atoms with Gasteiger partial charge >= 0.3 is 5.97 Å². The van der Waals surface area contributed by atoms with Gasteiger partial charge in [-0.25, -0.2) is 4.79 Å². The number of hydrogen-bond acceptors (Lipinski definition) is 2. The van der Waals surface area contributed by atoms with Gasteiger partial charge in [0.1, 0.15) is 0 Å². The van der Waals surface area contributed by atoms with E-state index in [-0.39, 0.29) is 5.91 Å². The number of nitrogens with one attached hydrogen (secondary N) is 1. The highest BCUT2D eigenvalue weighted by Crippen LogP contribution is 2.28. The van der Waals surface area contributed by atoms with E-state index >= 15 is 0 Å². The van der Waals surface area contributed by atoms with E-state index in [9.17, 15) is 9.59 Å². The molecule has 1 fully saturated rings. The van der Waals surface area contributed by atoms with Crippen LogP contribution >= 0.6 is 15.9 Å². The van der Waals surface area contributed by atoms with Crippen LogP contribution in [0.4, 0.5) is 5.69 Å². The van der Waals surface area contributed by atoms with Crippen molar-refractivity contribution in [3.63, 3.8) is 0 Å². The molecule has 2 rings (SSSR count). The molecule has 0 radical (unpaired) electrons. The molecule has 4 nitrogen and oxygen atoms in total. The number of amides is 1. The standard InChI is InChI=1S/C17H20BrNO3/c18-14-10-13(7-9-17(21)22)6-8-15(14)19-16(20)11-12-4-2-1-3-5-12/h6-10,12H,1-5,11H2,(H,19,20)(H,21,22)/b9-7+. The molecule has 22 heavy (non-hydrogen) atoms. The number of carbonyl (C=O) groups is 2. The van der Waals surface area contributed by atoms with E-state index in [1.54, 1.807) is 18.2 Å². The van der Waals surface area contributed by atoms with Gasteiger partial charge in [-0.3, -0.25) is 4.79 Å². The van der Waals surface area contributed by atoms with Crippen molar-refractivity contribution in [2.75, 3.05) is 5.32 Å². The first-order valence-electron chi connectivity index (χ1n) is 7.55. The number of halogens is 1. The van der Waals surface area contributed by atoms with Crippen molar-refractivity contribution in [2.45, 2.75) is 38.5 Å². The van der Waals surface area contributed by atoms with Crippen LogP contribution in [-0.2, 0) is 9.59 Å². The Kier molecular flexibility index (Phi) is 6.19. The molecule has 1 amide bonds. The molecule has 0 saturated heterocycles. The third-order valence-corrected chi connectivity index (χ3v) is 4.54. The summed E-state index contributed by atoms with van der Waals surface area (Å²) in [6.45, 7) is 0. The zero-order valence-electron chi connectivity index (χ0n) is 12.3. The molecule has 1 aliphatic rings. The monoisotopic (exact) mass is 365 g/mol. The Balaban J connectivity index is 1.94. The summed E-state index contributed by atoms with van der Waals surface area (Å²) in [5.41, 5.74) is 1.48.